The highest BCUT2D eigenvalue weighted by Gasteiger charge is 2.32. The Hall–Kier alpha value is -1.78. The third-order valence-corrected chi connectivity index (χ3v) is 5.65. The number of fused-ring (bicyclic) bond motifs is 2. The maximum absolute atomic E-state index is 12.8. The molecule has 0 N–H and O–H groups in total. The van der Waals surface area contributed by atoms with Crippen LogP contribution in [-0.2, 0) is 9.53 Å². The van der Waals surface area contributed by atoms with Gasteiger partial charge in [0.05, 0.1) is 0 Å². The quantitative estimate of drug-likeness (QED) is 0.738. The average Bonchev–Trinajstić information content (AvgIpc) is 2.63. The highest BCUT2D eigenvalue weighted by atomic mass is 32.2. The van der Waals surface area contributed by atoms with Crippen LogP contribution in [0.25, 0.3) is 0 Å². The molecule has 2 aromatic rings. The smallest absolute Gasteiger partial charge is 0.318 e. The van der Waals surface area contributed by atoms with Crippen LogP contribution in [0.1, 0.15) is 30.9 Å². The van der Waals surface area contributed by atoms with Crippen LogP contribution in [0.5, 0.6) is 0 Å². The van der Waals surface area contributed by atoms with E-state index in [0.717, 1.165) is 40.6 Å². The molecule has 0 bridgehead atoms. The molecule has 4 heteroatoms. The van der Waals surface area contributed by atoms with Crippen molar-refractivity contribution in [1.29, 1.82) is 0 Å². The summed E-state index contributed by atoms with van der Waals surface area (Å²) in [5.41, 5.74) is 2.10. The number of rotatable bonds is 6. The van der Waals surface area contributed by atoms with Crippen molar-refractivity contribution >= 4 is 17.7 Å². The Morgan fingerprint density at radius 2 is 1.54 bits per heavy atom. The van der Waals surface area contributed by atoms with Gasteiger partial charge in [0.25, 0.3) is 0 Å². The normalized spacial score (nSPS) is 13.5. The van der Waals surface area contributed by atoms with Gasteiger partial charge in [-0.05, 0) is 36.3 Å². The zero-order valence-corrected chi connectivity index (χ0v) is 15.0. The van der Waals surface area contributed by atoms with Crippen molar-refractivity contribution in [2.75, 3.05) is 26.2 Å². The molecule has 0 unspecified atom stereocenters. The number of hydrogen-bond acceptors (Lipinski definition) is 4. The Kier molecular flexibility index (Phi) is 5.59. The second-order valence-electron chi connectivity index (χ2n) is 5.81. The summed E-state index contributed by atoms with van der Waals surface area (Å²) in [6, 6.07) is 16.2. The van der Waals surface area contributed by atoms with E-state index in [1.54, 1.807) is 11.8 Å². The molecule has 0 aliphatic carbocycles. The van der Waals surface area contributed by atoms with E-state index in [0.29, 0.717) is 6.61 Å². The van der Waals surface area contributed by atoms with E-state index in [1.807, 2.05) is 36.4 Å². The number of carbonyl (C=O) groups is 1. The van der Waals surface area contributed by atoms with E-state index in [1.165, 1.54) is 0 Å². The van der Waals surface area contributed by atoms with Gasteiger partial charge in [-0.15, -0.1) is 0 Å². The standard InChI is InChI=1S/C20H23NO2S/c1-3-21(4-2)13-14-23-20(22)19-15-9-5-7-11-17(15)24-18-12-8-6-10-16(18)19/h5-12,19H,3-4,13-14H2,1-2H3. The van der Waals surface area contributed by atoms with Gasteiger partial charge in [-0.2, -0.15) is 0 Å². The molecule has 126 valence electrons. The van der Waals surface area contributed by atoms with Crippen LogP contribution >= 0.6 is 11.8 Å². The van der Waals surface area contributed by atoms with Crippen LogP contribution in [0.3, 0.4) is 0 Å². The van der Waals surface area contributed by atoms with E-state index >= 15 is 0 Å². The third kappa shape index (κ3) is 3.50. The predicted octanol–water partition coefficient (Wildman–Crippen LogP) is 4.17. The second-order valence-corrected chi connectivity index (χ2v) is 6.89. The predicted molar refractivity (Wildman–Crippen MR) is 97.6 cm³/mol. The van der Waals surface area contributed by atoms with Gasteiger partial charge in [-0.25, -0.2) is 0 Å². The van der Waals surface area contributed by atoms with Crippen LogP contribution in [0, 0.1) is 0 Å². The zero-order chi connectivity index (χ0) is 16.9. The van der Waals surface area contributed by atoms with Gasteiger partial charge in [0.15, 0.2) is 0 Å². The van der Waals surface area contributed by atoms with Gasteiger partial charge in [-0.3, -0.25) is 4.79 Å². The van der Waals surface area contributed by atoms with Crippen molar-refractivity contribution in [2.24, 2.45) is 0 Å². The van der Waals surface area contributed by atoms with Crippen LogP contribution in [0.2, 0.25) is 0 Å². The monoisotopic (exact) mass is 341 g/mol. The van der Waals surface area contributed by atoms with Crippen LogP contribution in [0.15, 0.2) is 58.3 Å². The first kappa shape index (κ1) is 17.1. The fourth-order valence-electron chi connectivity index (χ4n) is 3.06. The Bertz CT molecular complexity index is 667. The summed E-state index contributed by atoms with van der Waals surface area (Å²) in [4.78, 5) is 17.4. The Morgan fingerprint density at radius 1 is 1.00 bits per heavy atom. The first-order chi connectivity index (χ1) is 11.7. The number of benzene rings is 2. The number of carbonyl (C=O) groups excluding carboxylic acids is 1. The lowest BCUT2D eigenvalue weighted by molar-refractivity contribution is -0.144. The molecule has 0 fully saturated rings. The largest absolute Gasteiger partial charge is 0.464 e. The van der Waals surface area contributed by atoms with Gasteiger partial charge >= 0.3 is 5.97 Å². The van der Waals surface area contributed by atoms with E-state index in [2.05, 4.69) is 30.9 Å². The molecule has 1 aliphatic rings. The lowest BCUT2D eigenvalue weighted by Gasteiger charge is -2.26. The molecule has 0 radical (unpaired) electrons. The van der Waals surface area contributed by atoms with Crippen LogP contribution < -0.4 is 0 Å². The highest BCUT2D eigenvalue weighted by Crippen LogP contribution is 2.45. The summed E-state index contributed by atoms with van der Waals surface area (Å²) in [5.74, 6) is -0.474. The molecule has 1 aliphatic heterocycles. The number of ether oxygens (including phenoxy) is 1. The molecule has 0 atom stereocenters. The topological polar surface area (TPSA) is 29.5 Å². The van der Waals surface area contributed by atoms with E-state index in [-0.39, 0.29) is 11.9 Å². The molecule has 24 heavy (non-hydrogen) atoms. The van der Waals surface area contributed by atoms with E-state index < -0.39 is 0 Å². The van der Waals surface area contributed by atoms with Gasteiger partial charge in [0.2, 0.25) is 0 Å². The fourth-order valence-corrected chi connectivity index (χ4v) is 4.20. The summed E-state index contributed by atoms with van der Waals surface area (Å²) in [7, 11) is 0. The second kappa shape index (κ2) is 7.86. The number of nitrogens with zero attached hydrogens (tertiary/aromatic N) is 1. The third-order valence-electron chi connectivity index (χ3n) is 4.46. The molecule has 3 rings (SSSR count). The summed E-state index contributed by atoms with van der Waals surface area (Å²) < 4.78 is 5.64. The lowest BCUT2D eigenvalue weighted by Crippen LogP contribution is -2.29. The number of hydrogen-bond donors (Lipinski definition) is 0. The van der Waals surface area contributed by atoms with Crippen molar-refractivity contribution in [3.05, 3.63) is 59.7 Å². The van der Waals surface area contributed by atoms with Crippen LogP contribution in [0.4, 0.5) is 0 Å². The van der Waals surface area contributed by atoms with Gasteiger partial charge < -0.3 is 9.64 Å². The van der Waals surface area contributed by atoms with Gasteiger partial charge in [-0.1, -0.05) is 62.0 Å². The van der Waals surface area contributed by atoms with Crippen molar-refractivity contribution in [3.8, 4) is 0 Å². The zero-order valence-electron chi connectivity index (χ0n) is 14.2. The fraction of sp³-hybridized carbons (Fsp3) is 0.350. The summed E-state index contributed by atoms with van der Waals surface area (Å²) in [6.45, 7) is 7.41. The number of likely N-dealkylation sites (N-methyl/N-ethyl adjacent to an activating group) is 1. The summed E-state index contributed by atoms with van der Waals surface area (Å²) in [6.07, 6.45) is 0. The molecule has 3 nitrogen and oxygen atoms in total. The molecule has 0 saturated carbocycles. The van der Waals surface area contributed by atoms with Crippen molar-refractivity contribution in [1.82, 2.24) is 4.90 Å². The maximum Gasteiger partial charge on any atom is 0.318 e. The molecule has 2 aromatic carbocycles. The molecule has 0 aromatic heterocycles. The van der Waals surface area contributed by atoms with Crippen molar-refractivity contribution in [2.45, 2.75) is 29.6 Å². The first-order valence-electron chi connectivity index (χ1n) is 8.49. The van der Waals surface area contributed by atoms with E-state index in [4.69, 9.17) is 4.74 Å². The summed E-state index contributed by atoms with van der Waals surface area (Å²) in [5, 5.41) is 0. The minimum atomic E-state index is -0.324. The molecular weight excluding hydrogens is 318 g/mol. The Balaban J connectivity index is 1.80. The average molecular weight is 341 g/mol. The van der Waals surface area contributed by atoms with Crippen LogP contribution in [-0.4, -0.2) is 37.1 Å². The SMILES string of the molecule is CCN(CC)CCOC(=O)C1c2ccccc2Sc2ccccc21. The van der Waals surface area contributed by atoms with E-state index in [9.17, 15) is 4.79 Å². The minimum absolute atomic E-state index is 0.151. The number of esters is 1. The first-order valence-corrected chi connectivity index (χ1v) is 9.31. The minimum Gasteiger partial charge on any atom is -0.464 e. The lowest BCUT2D eigenvalue weighted by atomic mass is 9.91. The molecular formula is C20H23NO2S. The Labute approximate surface area is 148 Å². The molecule has 0 saturated heterocycles. The summed E-state index contributed by atoms with van der Waals surface area (Å²) >= 11 is 1.72. The molecule has 0 spiro atoms. The van der Waals surface area contributed by atoms with Gasteiger partial charge in [0.1, 0.15) is 12.5 Å². The highest BCUT2D eigenvalue weighted by molar-refractivity contribution is 7.99. The molecule has 1 heterocycles. The van der Waals surface area contributed by atoms with Gasteiger partial charge in [0, 0.05) is 16.3 Å². The maximum atomic E-state index is 12.8. The molecule has 0 amide bonds. The van der Waals surface area contributed by atoms with Crippen molar-refractivity contribution < 1.29 is 9.53 Å². The Morgan fingerprint density at radius 3 is 2.08 bits per heavy atom. The van der Waals surface area contributed by atoms with Crippen molar-refractivity contribution in [3.63, 3.8) is 0 Å².